The number of ether oxygens (including phenoxy) is 1. The second-order valence-electron chi connectivity index (χ2n) is 3.61. The van der Waals surface area contributed by atoms with Crippen LogP contribution in [0.15, 0.2) is 24.3 Å². The minimum atomic E-state index is 0.269. The van der Waals surface area contributed by atoms with Gasteiger partial charge in [0.1, 0.15) is 12.4 Å². The highest BCUT2D eigenvalue weighted by molar-refractivity contribution is 5.26. The first-order chi connectivity index (χ1) is 7.65. The van der Waals surface area contributed by atoms with Crippen molar-refractivity contribution >= 4 is 5.95 Å². The van der Waals surface area contributed by atoms with Gasteiger partial charge < -0.3 is 10.5 Å². The summed E-state index contributed by atoms with van der Waals surface area (Å²) < 4.78 is 7.18. The van der Waals surface area contributed by atoms with E-state index in [0.29, 0.717) is 12.4 Å². The Morgan fingerprint density at radius 1 is 1.31 bits per heavy atom. The molecule has 84 valence electrons. The maximum absolute atomic E-state index is 5.56. The van der Waals surface area contributed by atoms with Crippen molar-refractivity contribution in [2.24, 2.45) is 7.05 Å². The van der Waals surface area contributed by atoms with Gasteiger partial charge in [0.15, 0.2) is 5.82 Å². The van der Waals surface area contributed by atoms with Crippen molar-refractivity contribution in [1.29, 1.82) is 0 Å². The normalized spacial score (nSPS) is 10.4. The van der Waals surface area contributed by atoms with E-state index in [9.17, 15) is 0 Å². The van der Waals surface area contributed by atoms with E-state index in [-0.39, 0.29) is 5.95 Å². The number of aromatic nitrogens is 3. The van der Waals surface area contributed by atoms with Gasteiger partial charge in [0.05, 0.1) is 0 Å². The summed E-state index contributed by atoms with van der Waals surface area (Å²) in [6.45, 7) is 2.40. The number of hydrogen-bond acceptors (Lipinski definition) is 4. The zero-order chi connectivity index (χ0) is 11.5. The molecule has 0 aliphatic rings. The van der Waals surface area contributed by atoms with Gasteiger partial charge in [0, 0.05) is 7.05 Å². The molecule has 1 aromatic heterocycles. The van der Waals surface area contributed by atoms with E-state index in [0.717, 1.165) is 5.75 Å². The zero-order valence-electron chi connectivity index (χ0n) is 9.34. The van der Waals surface area contributed by atoms with Gasteiger partial charge in [0.25, 0.3) is 0 Å². The van der Waals surface area contributed by atoms with Gasteiger partial charge in [-0.15, -0.1) is 5.10 Å². The summed E-state index contributed by atoms with van der Waals surface area (Å²) in [6, 6.07) is 7.85. The number of nitrogens with two attached hydrogens (primary N) is 1. The summed E-state index contributed by atoms with van der Waals surface area (Å²) in [7, 11) is 1.79. The molecule has 0 aliphatic carbocycles. The maximum atomic E-state index is 5.56. The fourth-order valence-electron chi connectivity index (χ4n) is 1.35. The Morgan fingerprint density at radius 2 is 2.00 bits per heavy atom. The number of nitrogen functional groups attached to an aromatic ring is 1. The van der Waals surface area contributed by atoms with Gasteiger partial charge in [-0.2, -0.15) is 4.98 Å². The molecule has 5 nitrogen and oxygen atoms in total. The zero-order valence-corrected chi connectivity index (χ0v) is 9.34. The molecule has 0 aliphatic heterocycles. The molecule has 0 radical (unpaired) electrons. The molecule has 0 spiro atoms. The molecule has 0 unspecified atom stereocenters. The number of rotatable bonds is 3. The minimum Gasteiger partial charge on any atom is -0.486 e. The summed E-state index contributed by atoms with van der Waals surface area (Å²) in [5, 5.41) is 3.94. The van der Waals surface area contributed by atoms with Crippen LogP contribution >= 0.6 is 0 Å². The second kappa shape index (κ2) is 4.22. The lowest BCUT2D eigenvalue weighted by molar-refractivity contribution is 0.290. The van der Waals surface area contributed by atoms with Crippen LogP contribution < -0.4 is 10.5 Å². The highest BCUT2D eigenvalue weighted by Crippen LogP contribution is 2.13. The van der Waals surface area contributed by atoms with Gasteiger partial charge >= 0.3 is 0 Å². The number of anilines is 1. The molecule has 0 bridgehead atoms. The molecule has 0 saturated carbocycles. The Balaban J connectivity index is 2.02. The quantitative estimate of drug-likeness (QED) is 0.842. The predicted molar refractivity (Wildman–Crippen MR) is 60.9 cm³/mol. The SMILES string of the molecule is Cc1ccc(OCc2nc(N)nn2C)cc1. The average molecular weight is 218 g/mol. The Kier molecular flexibility index (Phi) is 2.76. The third-order valence-corrected chi connectivity index (χ3v) is 2.26. The monoisotopic (exact) mass is 218 g/mol. The van der Waals surface area contributed by atoms with Crippen molar-refractivity contribution < 1.29 is 4.74 Å². The molecular weight excluding hydrogens is 204 g/mol. The van der Waals surface area contributed by atoms with Gasteiger partial charge in [-0.05, 0) is 19.1 Å². The average Bonchev–Trinajstić information content (AvgIpc) is 2.57. The number of hydrogen-bond donors (Lipinski definition) is 1. The lowest BCUT2D eigenvalue weighted by Gasteiger charge is -2.05. The number of aryl methyl sites for hydroxylation is 2. The topological polar surface area (TPSA) is 66.0 Å². The summed E-state index contributed by atoms with van der Waals surface area (Å²) in [5.74, 6) is 1.79. The van der Waals surface area contributed by atoms with Crippen LogP contribution in [0.3, 0.4) is 0 Å². The first kappa shape index (κ1) is 10.5. The third-order valence-electron chi connectivity index (χ3n) is 2.26. The summed E-state index contributed by atoms with van der Waals surface area (Å²) >= 11 is 0. The van der Waals surface area contributed by atoms with Crippen molar-refractivity contribution in [2.45, 2.75) is 13.5 Å². The van der Waals surface area contributed by atoms with E-state index in [1.54, 1.807) is 11.7 Å². The van der Waals surface area contributed by atoms with Crippen molar-refractivity contribution in [3.8, 4) is 5.75 Å². The van der Waals surface area contributed by atoms with Crippen LogP contribution in [0.2, 0.25) is 0 Å². The molecule has 2 rings (SSSR count). The van der Waals surface area contributed by atoms with Gasteiger partial charge in [-0.1, -0.05) is 17.7 Å². The fraction of sp³-hybridized carbons (Fsp3) is 0.273. The molecule has 2 aromatic rings. The van der Waals surface area contributed by atoms with Crippen molar-refractivity contribution in [1.82, 2.24) is 14.8 Å². The van der Waals surface area contributed by atoms with E-state index >= 15 is 0 Å². The van der Waals surface area contributed by atoms with Crippen molar-refractivity contribution in [3.63, 3.8) is 0 Å². The molecular formula is C11H14N4O. The Morgan fingerprint density at radius 3 is 2.56 bits per heavy atom. The third kappa shape index (κ3) is 2.31. The Bertz CT molecular complexity index is 475. The highest BCUT2D eigenvalue weighted by atomic mass is 16.5. The molecule has 0 atom stereocenters. The van der Waals surface area contributed by atoms with Crippen LogP contribution in [0.25, 0.3) is 0 Å². The van der Waals surface area contributed by atoms with Crippen LogP contribution in [-0.2, 0) is 13.7 Å². The van der Waals surface area contributed by atoms with E-state index < -0.39 is 0 Å². The van der Waals surface area contributed by atoms with Crippen molar-refractivity contribution in [2.75, 3.05) is 5.73 Å². The molecule has 1 heterocycles. The largest absolute Gasteiger partial charge is 0.486 e. The standard InChI is InChI=1S/C11H14N4O/c1-8-3-5-9(6-4-8)16-7-10-13-11(12)14-15(10)2/h3-6H,7H2,1-2H3,(H2,12,14). The fourth-order valence-corrected chi connectivity index (χ4v) is 1.35. The van der Waals surface area contributed by atoms with E-state index in [1.165, 1.54) is 5.56 Å². The van der Waals surface area contributed by atoms with Crippen LogP contribution in [0, 0.1) is 6.92 Å². The molecule has 16 heavy (non-hydrogen) atoms. The number of nitrogens with zero attached hydrogens (tertiary/aromatic N) is 3. The molecule has 0 fully saturated rings. The lowest BCUT2D eigenvalue weighted by atomic mass is 10.2. The minimum absolute atomic E-state index is 0.269. The van der Waals surface area contributed by atoms with Crippen LogP contribution in [-0.4, -0.2) is 14.8 Å². The lowest BCUT2D eigenvalue weighted by Crippen LogP contribution is -2.04. The highest BCUT2D eigenvalue weighted by Gasteiger charge is 2.04. The first-order valence-corrected chi connectivity index (χ1v) is 5.00. The number of benzene rings is 1. The van der Waals surface area contributed by atoms with Crippen LogP contribution in [0.1, 0.15) is 11.4 Å². The molecule has 0 amide bonds. The van der Waals surface area contributed by atoms with Gasteiger partial charge in [-0.3, -0.25) is 0 Å². The molecule has 2 N–H and O–H groups in total. The maximum Gasteiger partial charge on any atom is 0.239 e. The second-order valence-corrected chi connectivity index (χ2v) is 3.61. The molecule has 0 saturated heterocycles. The summed E-state index contributed by atoms with van der Waals surface area (Å²) in [6.07, 6.45) is 0. The van der Waals surface area contributed by atoms with Gasteiger partial charge in [0.2, 0.25) is 5.95 Å². The molecule has 5 heteroatoms. The summed E-state index contributed by atoms with van der Waals surface area (Å²) in [5.41, 5.74) is 6.67. The Labute approximate surface area is 93.9 Å². The van der Waals surface area contributed by atoms with E-state index in [1.807, 2.05) is 31.2 Å². The first-order valence-electron chi connectivity index (χ1n) is 5.00. The van der Waals surface area contributed by atoms with Crippen LogP contribution in [0.4, 0.5) is 5.95 Å². The van der Waals surface area contributed by atoms with E-state index in [4.69, 9.17) is 10.5 Å². The Hall–Kier alpha value is -2.04. The van der Waals surface area contributed by atoms with Gasteiger partial charge in [-0.25, -0.2) is 4.68 Å². The van der Waals surface area contributed by atoms with Crippen LogP contribution in [0.5, 0.6) is 5.75 Å². The smallest absolute Gasteiger partial charge is 0.239 e. The summed E-state index contributed by atoms with van der Waals surface area (Å²) in [4.78, 5) is 4.05. The predicted octanol–water partition coefficient (Wildman–Crippen LogP) is 1.28. The molecule has 1 aromatic carbocycles. The van der Waals surface area contributed by atoms with E-state index in [2.05, 4.69) is 10.1 Å². The van der Waals surface area contributed by atoms with Crippen molar-refractivity contribution in [3.05, 3.63) is 35.7 Å².